The summed E-state index contributed by atoms with van der Waals surface area (Å²) in [5.41, 5.74) is 0.439. The smallest absolute Gasteiger partial charge is 0.338 e. The Balaban J connectivity index is 2.28. The molecule has 0 aromatic heterocycles. The van der Waals surface area contributed by atoms with Gasteiger partial charge in [0.05, 0.1) is 25.4 Å². The van der Waals surface area contributed by atoms with E-state index < -0.39 is 5.97 Å². The van der Waals surface area contributed by atoms with Crippen LogP contribution in [0.25, 0.3) is 0 Å². The molecule has 21 heavy (non-hydrogen) atoms. The molecule has 0 spiro atoms. The van der Waals surface area contributed by atoms with Crippen LogP contribution in [0.15, 0.2) is 24.3 Å². The Morgan fingerprint density at radius 2 is 1.81 bits per heavy atom. The van der Waals surface area contributed by atoms with E-state index in [-0.39, 0.29) is 19.8 Å². The van der Waals surface area contributed by atoms with Crippen LogP contribution >= 0.6 is 0 Å². The number of rotatable bonds is 11. The lowest BCUT2D eigenvalue weighted by Gasteiger charge is -2.07. The predicted octanol–water partition coefficient (Wildman–Crippen LogP) is 1.56. The second-order valence-corrected chi connectivity index (χ2v) is 4.26. The number of unbranched alkanes of at least 4 members (excludes halogenated alkanes) is 1. The van der Waals surface area contributed by atoms with Crippen molar-refractivity contribution in [2.45, 2.75) is 19.3 Å². The van der Waals surface area contributed by atoms with Gasteiger partial charge in [-0.05, 0) is 37.1 Å². The van der Waals surface area contributed by atoms with Crippen molar-refractivity contribution in [1.82, 2.24) is 0 Å². The van der Waals surface area contributed by atoms with Crippen LogP contribution in [0.1, 0.15) is 29.6 Å². The molecule has 0 heterocycles. The molecule has 1 N–H and O–H groups in total. The number of hydrogen-bond acceptors (Lipinski definition) is 6. The monoisotopic (exact) mass is 296 g/mol. The summed E-state index contributed by atoms with van der Waals surface area (Å²) in [5.74, 6) is 0.247. The van der Waals surface area contributed by atoms with Gasteiger partial charge in [-0.2, -0.15) is 0 Å². The summed E-state index contributed by atoms with van der Waals surface area (Å²) in [6, 6.07) is 6.66. The third-order valence-corrected chi connectivity index (χ3v) is 2.62. The third kappa shape index (κ3) is 7.31. The molecule has 0 saturated heterocycles. The van der Waals surface area contributed by atoms with E-state index in [1.807, 2.05) is 0 Å². The molecule has 0 radical (unpaired) electrons. The Kier molecular flexibility index (Phi) is 8.63. The van der Waals surface area contributed by atoms with Crippen LogP contribution in [0.2, 0.25) is 0 Å². The SMILES string of the molecule is O=COCCCOC(=O)c1ccc(OCCCCO)cc1. The second kappa shape index (κ2) is 10.7. The third-order valence-electron chi connectivity index (χ3n) is 2.62. The van der Waals surface area contributed by atoms with E-state index in [1.54, 1.807) is 24.3 Å². The number of benzene rings is 1. The maximum absolute atomic E-state index is 11.7. The molecule has 0 unspecified atom stereocenters. The van der Waals surface area contributed by atoms with Crippen LogP contribution in [0.4, 0.5) is 0 Å². The summed E-state index contributed by atoms with van der Waals surface area (Å²) in [6.45, 7) is 1.48. The van der Waals surface area contributed by atoms with Crippen LogP contribution < -0.4 is 4.74 Å². The molecule has 6 nitrogen and oxygen atoms in total. The zero-order valence-electron chi connectivity index (χ0n) is 11.8. The summed E-state index contributed by atoms with van der Waals surface area (Å²) in [7, 11) is 0. The Morgan fingerprint density at radius 3 is 2.48 bits per heavy atom. The van der Waals surface area contributed by atoms with Gasteiger partial charge in [0.2, 0.25) is 0 Å². The average molecular weight is 296 g/mol. The average Bonchev–Trinajstić information content (AvgIpc) is 2.52. The summed E-state index contributed by atoms with van der Waals surface area (Å²) in [6.07, 6.45) is 1.96. The second-order valence-electron chi connectivity index (χ2n) is 4.26. The molecular formula is C15H20O6. The molecule has 0 amide bonds. The van der Waals surface area contributed by atoms with Crippen LogP contribution in [0, 0.1) is 0 Å². The Labute approximate surface area is 123 Å². The van der Waals surface area contributed by atoms with E-state index in [9.17, 15) is 9.59 Å². The van der Waals surface area contributed by atoms with Crippen molar-refractivity contribution in [3.8, 4) is 5.75 Å². The molecule has 0 aliphatic carbocycles. The van der Waals surface area contributed by atoms with Gasteiger partial charge in [-0.1, -0.05) is 0 Å². The fraction of sp³-hybridized carbons (Fsp3) is 0.467. The summed E-state index contributed by atoms with van der Waals surface area (Å²) < 4.78 is 15.0. The van der Waals surface area contributed by atoms with Gasteiger partial charge in [-0.3, -0.25) is 4.79 Å². The minimum Gasteiger partial charge on any atom is -0.494 e. The number of ether oxygens (including phenoxy) is 3. The highest BCUT2D eigenvalue weighted by molar-refractivity contribution is 5.89. The maximum atomic E-state index is 11.7. The first-order valence-corrected chi connectivity index (χ1v) is 6.84. The van der Waals surface area contributed by atoms with Gasteiger partial charge in [0.1, 0.15) is 5.75 Å². The molecule has 1 aromatic rings. The highest BCUT2D eigenvalue weighted by atomic mass is 16.5. The van der Waals surface area contributed by atoms with Crippen LogP contribution in [-0.2, 0) is 14.3 Å². The first-order valence-electron chi connectivity index (χ1n) is 6.84. The lowest BCUT2D eigenvalue weighted by Crippen LogP contribution is -2.08. The molecule has 0 aliphatic rings. The van der Waals surface area contributed by atoms with Crippen molar-refractivity contribution in [1.29, 1.82) is 0 Å². The van der Waals surface area contributed by atoms with E-state index in [2.05, 4.69) is 4.74 Å². The summed E-state index contributed by atoms with van der Waals surface area (Å²) in [5, 5.41) is 8.65. The zero-order valence-corrected chi connectivity index (χ0v) is 11.8. The topological polar surface area (TPSA) is 82.1 Å². The van der Waals surface area contributed by atoms with E-state index in [4.69, 9.17) is 14.6 Å². The Bertz CT molecular complexity index is 415. The molecule has 0 aliphatic heterocycles. The highest BCUT2D eigenvalue weighted by Crippen LogP contribution is 2.13. The number of carbonyl (C=O) groups excluding carboxylic acids is 2. The number of carbonyl (C=O) groups is 2. The number of esters is 1. The largest absolute Gasteiger partial charge is 0.494 e. The number of hydrogen-bond donors (Lipinski definition) is 1. The maximum Gasteiger partial charge on any atom is 0.338 e. The van der Waals surface area contributed by atoms with Crippen LogP contribution in [0.5, 0.6) is 5.75 Å². The van der Waals surface area contributed by atoms with Crippen LogP contribution in [0.3, 0.4) is 0 Å². The van der Waals surface area contributed by atoms with Crippen molar-refractivity contribution in [2.24, 2.45) is 0 Å². The van der Waals surface area contributed by atoms with Gasteiger partial charge in [-0.25, -0.2) is 4.79 Å². The quantitative estimate of drug-likeness (QED) is 0.379. The molecule has 6 heteroatoms. The molecule has 0 bridgehead atoms. The normalized spacial score (nSPS) is 9.95. The molecule has 1 rings (SSSR count). The van der Waals surface area contributed by atoms with Gasteiger partial charge in [0.15, 0.2) is 0 Å². The van der Waals surface area contributed by atoms with Crippen molar-refractivity contribution < 1.29 is 28.9 Å². The fourth-order valence-electron chi connectivity index (χ4n) is 1.53. The summed E-state index contributed by atoms with van der Waals surface area (Å²) in [4.78, 5) is 21.6. The predicted molar refractivity (Wildman–Crippen MR) is 75.2 cm³/mol. The van der Waals surface area contributed by atoms with Crippen molar-refractivity contribution in [2.75, 3.05) is 26.4 Å². The van der Waals surface area contributed by atoms with Gasteiger partial charge in [-0.15, -0.1) is 0 Å². The first-order chi connectivity index (χ1) is 10.3. The van der Waals surface area contributed by atoms with E-state index in [0.717, 1.165) is 6.42 Å². The molecule has 116 valence electrons. The molecular weight excluding hydrogens is 276 g/mol. The van der Waals surface area contributed by atoms with Crippen molar-refractivity contribution in [3.05, 3.63) is 29.8 Å². The van der Waals surface area contributed by atoms with E-state index in [0.29, 0.717) is 37.2 Å². The van der Waals surface area contributed by atoms with Crippen molar-refractivity contribution >= 4 is 12.4 Å². The van der Waals surface area contributed by atoms with Gasteiger partial charge in [0, 0.05) is 13.0 Å². The minimum atomic E-state index is -0.423. The van der Waals surface area contributed by atoms with Gasteiger partial charge >= 0.3 is 5.97 Å². The minimum absolute atomic E-state index is 0.159. The Hall–Kier alpha value is -2.08. The van der Waals surface area contributed by atoms with E-state index >= 15 is 0 Å². The molecule has 0 fully saturated rings. The lowest BCUT2D eigenvalue weighted by atomic mass is 10.2. The summed E-state index contributed by atoms with van der Waals surface area (Å²) >= 11 is 0. The first kappa shape index (κ1) is 17.0. The van der Waals surface area contributed by atoms with E-state index in [1.165, 1.54) is 0 Å². The highest BCUT2D eigenvalue weighted by Gasteiger charge is 2.07. The van der Waals surface area contributed by atoms with Crippen LogP contribution in [-0.4, -0.2) is 44.0 Å². The Morgan fingerprint density at radius 1 is 1.05 bits per heavy atom. The fourth-order valence-corrected chi connectivity index (χ4v) is 1.53. The molecule has 0 saturated carbocycles. The zero-order chi connectivity index (χ0) is 15.3. The standard InChI is InChI=1S/C15H20O6/c16-8-1-2-10-20-14-6-4-13(5-7-14)15(18)21-11-3-9-19-12-17/h4-7,12,16H,1-3,8-11H2. The van der Waals surface area contributed by atoms with Gasteiger partial charge in [0.25, 0.3) is 6.47 Å². The molecule has 1 aromatic carbocycles. The van der Waals surface area contributed by atoms with Crippen molar-refractivity contribution in [3.63, 3.8) is 0 Å². The lowest BCUT2D eigenvalue weighted by molar-refractivity contribution is -0.128. The number of aliphatic hydroxyl groups excluding tert-OH is 1. The molecule has 0 atom stereocenters. The van der Waals surface area contributed by atoms with Gasteiger partial charge < -0.3 is 19.3 Å². The number of aliphatic hydroxyl groups is 1.